The zero-order chi connectivity index (χ0) is 15.4. The first kappa shape index (κ1) is 12.5. The first-order chi connectivity index (χ1) is 11.3. The summed E-state index contributed by atoms with van der Waals surface area (Å²) in [5.41, 5.74) is 6.89. The minimum atomic E-state index is -0.00949. The quantitative estimate of drug-likeness (QED) is 0.550. The Morgan fingerprint density at radius 1 is 1.04 bits per heavy atom. The summed E-state index contributed by atoms with van der Waals surface area (Å²) in [6.45, 7) is 2.04. The van der Waals surface area contributed by atoms with Crippen LogP contribution < -0.4 is 5.32 Å². The van der Waals surface area contributed by atoms with Crippen molar-refractivity contribution < 1.29 is 0 Å². The molecule has 5 rings (SSSR count). The van der Waals surface area contributed by atoms with Gasteiger partial charge in [0.05, 0.1) is 11.4 Å². The van der Waals surface area contributed by atoms with Gasteiger partial charge in [-0.25, -0.2) is 4.68 Å². The number of benzene rings is 2. The lowest BCUT2D eigenvalue weighted by Crippen LogP contribution is -2.25. The third kappa shape index (κ3) is 1.75. The van der Waals surface area contributed by atoms with Gasteiger partial charge in [0.25, 0.3) is 0 Å². The zero-order valence-corrected chi connectivity index (χ0v) is 12.7. The van der Waals surface area contributed by atoms with Gasteiger partial charge < -0.3 is 10.3 Å². The number of fused-ring (bicyclic) bond motifs is 4. The van der Waals surface area contributed by atoms with E-state index in [1.54, 1.807) is 0 Å². The first-order valence-corrected chi connectivity index (χ1v) is 7.79. The van der Waals surface area contributed by atoms with E-state index in [9.17, 15) is 0 Å². The molecule has 0 amide bonds. The molecule has 2 aromatic carbocycles. The summed E-state index contributed by atoms with van der Waals surface area (Å²) in [5, 5.41) is 9.60. The van der Waals surface area contributed by atoms with E-state index in [2.05, 4.69) is 75.8 Å². The smallest absolute Gasteiger partial charge is 0.149 e. The highest BCUT2D eigenvalue weighted by atomic mass is 15.4. The Hall–Kier alpha value is -3.01. The average molecular weight is 300 g/mol. The van der Waals surface area contributed by atoms with Gasteiger partial charge in [-0.1, -0.05) is 36.4 Å². The van der Waals surface area contributed by atoms with E-state index >= 15 is 0 Å². The van der Waals surface area contributed by atoms with Crippen molar-refractivity contribution >= 4 is 16.6 Å². The fourth-order valence-electron chi connectivity index (χ4n) is 3.49. The number of hydrogen-bond donors (Lipinski definition) is 2. The van der Waals surface area contributed by atoms with E-state index in [-0.39, 0.29) is 6.17 Å². The summed E-state index contributed by atoms with van der Waals surface area (Å²) >= 11 is 0. The molecule has 4 aromatic rings. The third-order valence-corrected chi connectivity index (χ3v) is 4.51. The third-order valence-electron chi connectivity index (χ3n) is 4.51. The maximum atomic E-state index is 4.73. The Kier molecular flexibility index (Phi) is 2.45. The maximum Gasteiger partial charge on any atom is 0.149 e. The van der Waals surface area contributed by atoms with Crippen LogP contribution in [0.5, 0.6) is 0 Å². The Labute approximate surface area is 133 Å². The van der Waals surface area contributed by atoms with E-state index in [0.29, 0.717) is 0 Å². The Balaban J connectivity index is 1.76. The second kappa shape index (κ2) is 4.49. The molecule has 0 radical (unpaired) electrons. The molecule has 0 saturated heterocycles. The van der Waals surface area contributed by atoms with Crippen molar-refractivity contribution in [1.29, 1.82) is 0 Å². The molecule has 0 aliphatic carbocycles. The number of aromatic nitrogens is 3. The maximum absolute atomic E-state index is 4.73. The molecular formula is C19H16N4. The molecule has 23 heavy (non-hydrogen) atoms. The highest BCUT2D eigenvalue weighted by molar-refractivity contribution is 5.86. The summed E-state index contributed by atoms with van der Waals surface area (Å²) in [7, 11) is 0. The van der Waals surface area contributed by atoms with Gasteiger partial charge in [0, 0.05) is 33.9 Å². The number of nitrogens with one attached hydrogen (secondary N) is 2. The molecule has 1 atom stereocenters. The van der Waals surface area contributed by atoms with Gasteiger partial charge in [-0.15, -0.1) is 0 Å². The number of hydrogen-bond acceptors (Lipinski definition) is 2. The molecule has 4 heteroatoms. The van der Waals surface area contributed by atoms with E-state index in [0.717, 1.165) is 22.6 Å². The molecule has 1 aliphatic rings. The Morgan fingerprint density at radius 2 is 1.87 bits per heavy atom. The Morgan fingerprint density at radius 3 is 2.83 bits per heavy atom. The number of nitrogens with zero attached hydrogens (tertiary/aromatic N) is 2. The van der Waals surface area contributed by atoms with Gasteiger partial charge in [-0.05, 0) is 25.1 Å². The lowest BCUT2D eigenvalue weighted by atomic mass is 10.0. The molecular weight excluding hydrogens is 284 g/mol. The van der Waals surface area contributed by atoms with Crippen LogP contribution in [0.2, 0.25) is 0 Å². The van der Waals surface area contributed by atoms with Crippen molar-refractivity contribution in [3.05, 3.63) is 72.1 Å². The summed E-state index contributed by atoms with van der Waals surface area (Å²) in [6, 6.07) is 18.9. The summed E-state index contributed by atoms with van der Waals surface area (Å²) in [5.74, 6) is 0. The second-order valence-corrected chi connectivity index (χ2v) is 6.00. The monoisotopic (exact) mass is 300 g/mol. The standard InChI is InChI=1S/C19H16N4/c1-12-10-18-14-7-3-5-9-17(14)21-19(23(18)22-12)15-11-20-16-8-4-2-6-13(15)16/h2-11,19-21H,1H3/t19-/m0/s1. The lowest BCUT2D eigenvalue weighted by Gasteiger charge is -2.28. The molecule has 0 saturated carbocycles. The largest absolute Gasteiger partial charge is 0.361 e. The fraction of sp³-hybridized carbons (Fsp3) is 0.105. The number of anilines is 1. The number of aromatic amines is 1. The molecule has 0 fully saturated rings. The minimum absolute atomic E-state index is 0.00949. The van der Waals surface area contributed by atoms with Crippen LogP contribution in [0.1, 0.15) is 17.4 Å². The number of rotatable bonds is 1. The topological polar surface area (TPSA) is 45.6 Å². The molecule has 1 aliphatic heterocycles. The highest BCUT2D eigenvalue weighted by Crippen LogP contribution is 2.39. The van der Waals surface area contributed by atoms with Crippen LogP contribution in [0.15, 0.2) is 60.8 Å². The molecule has 2 N–H and O–H groups in total. The van der Waals surface area contributed by atoms with Crippen molar-refractivity contribution in [2.75, 3.05) is 5.32 Å². The molecule has 3 heterocycles. The van der Waals surface area contributed by atoms with Crippen LogP contribution in [0.25, 0.3) is 22.2 Å². The van der Waals surface area contributed by atoms with Gasteiger partial charge in [0.2, 0.25) is 0 Å². The van der Waals surface area contributed by atoms with E-state index in [4.69, 9.17) is 5.10 Å². The molecule has 2 aromatic heterocycles. The normalized spacial score (nSPS) is 16.0. The second-order valence-electron chi connectivity index (χ2n) is 6.00. The van der Waals surface area contributed by atoms with Gasteiger partial charge in [-0.3, -0.25) is 0 Å². The fourth-order valence-corrected chi connectivity index (χ4v) is 3.49. The van der Waals surface area contributed by atoms with Crippen molar-refractivity contribution in [2.45, 2.75) is 13.1 Å². The summed E-state index contributed by atoms with van der Waals surface area (Å²) in [6.07, 6.45) is 2.07. The van der Waals surface area contributed by atoms with Crippen LogP contribution in [0.3, 0.4) is 0 Å². The van der Waals surface area contributed by atoms with Crippen molar-refractivity contribution in [1.82, 2.24) is 14.8 Å². The van der Waals surface area contributed by atoms with E-state index in [1.807, 2.05) is 6.92 Å². The number of para-hydroxylation sites is 2. The van der Waals surface area contributed by atoms with Crippen LogP contribution in [-0.4, -0.2) is 14.8 Å². The number of aryl methyl sites for hydroxylation is 1. The first-order valence-electron chi connectivity index (χ1n) is 7.79. The molecule has 4 nitrogen and oxygen atoms in total. The highest BCUT2D eigenvalue weighted by Gasteiger charge is 2.27. The average Bonchev–Trinajstić information content (AvgIpc) is 3.17. The van der Waals surface area contributed by atoms with Crippen molar-refractivity contribution in [2.24, 2.45) is 0 Å². The van der Waals surface area contributed by atoms with Gasteiger partial charge in [0.1, 0.15) is 6.17 Å². The number of H-pyrrole nitrogens is 1. The Bertz CT molecular complexity index is 1020. The van der Waals surface area contributed by atoms with Crippen LogP contribution >= 0.6 is 0 Å². The van der Waals surface area contributed by atoms with Crippen molar-refractivity contribution in [3.63, 3.8) is 0 Å². The van der Waals surface area contributed by atoms with E-state index < -0.39 is 0 Å². The molecule has 0 spiro atoms. The predicted molar refractivity (Wildman–Crippen MR) is 92.5 cm³/mol. The van der Waals surface area contributed by atoms with Gasteiger partial charge in [-0.2, -0.15) is 5.10 Å². The summed E-state index contributed by atoms with van der Waals surface area (Å²) in [4.78, 5) is 3.37. The molecule has 0 bridgehead atoms. The van der Waals surface area contributed by atoms with Crippen LogP contribution in [0, 0.1) is 6.92 Å². The minimum Gasteiger partial charge on any atom is -0.361 e. The zero-order valence-electron chi connectivity index (χ0n) is 12.7. The van der Waals surface area contributed by atoms with E-state index in [1.165, 1.54) is 16.5 Å². The molecule has 0 unspecified atom stereocenters. The summed E-state index contributed by atoms with van der Waals surface area (Å²) < 4.78 is 2.09. The van der Waals surface area contributed by atoms with Crippen LogP contribution in [0.4, 0.5) is 5.69 Å². The van der Waals surface area contributed by atoms with Crippen LogP contribution in [-0.2, 0) is 0 Å². The van der Waals surface area contributed by atoms with Gasteiger partial charge in [0.15, 0.2) is 0 Å². The predicted octanol–water partition coefficient (Wildman–Crippen LogP) is 4.31. The lowest BCUT2D eigenvalue weighted by molar-refractivity contribution is 0.574. The SMILES string of the molecule is Cc1cc2n(n1)[C@@H](c1c[nH]c3ccccc13)Nc1ccccc1-2. The molecule has 112 valence electrons. The van der Waals surface area contributed by atoms with Crippen molar-refractivity contribution in [3.8, 4) is 11.3 Å². The van der Waals surface area contributed by atoms with Gasteiger partial charge >= 0.3 is 0 Å².